The van der Waals surface area contributed by atoms with Gasteiger partial charge in [0.05, 0.1) is 18.3 Å². The standard InChI is InChI=1S/C12H8Cl3NO/c1-17-11-6-16-12(15)5-9(11)8-3-2-7(13)4-10(8)14/h2-6H,1H3. The Labute approximate surface area is 114 Å². The molecule has 2 aromatic rings. The molecule has 0 bridgehead atoms. The lowest BCUT2D eigenvalue weighted by Crippen LogP contribution is -1.90. The van der Waals surface area contributed by atoms with Crippen LogP contribution < -0.4 is 4.74 Å². The fourth-order valence-electron chi connectivity index (χ4n) is 1.50. The van der Waals surface area contributed by atoms with E-state index in [1.807, 2.05) is 6.07 Å². The van der Waals surface area contributed by atoms with Crippen LogP contribution in [0.3, 0.4) is 0 Å². The maximum absolute atomic E-state index is 6.14. The number of hydrogen-bond acceptors (Lipinski definition) is 2. The zero-order valence-electron chi connectivity index (χ0n) is 8.88. The van der Waals surface area contributed by atoms with Crippen LogP contribution in [0, 0.1) is 0 Å². The van der Waals surface area contributed by atoms with Crippen LogP contribution in [-0.2, 0) is 0 Å². The molecule has 0 unspecified atom stereocenters. The second-order valence-corrected chi connectivity index (χ2v) is 4.56. The lowest BCUT2D eigenvalue weighted by molar-refractivity contribution is 0.414. The van der Waals surface area contributed by atoms with E-state index in [-0.39, 0.29) is 0 Å². The molecule has 0 saturated heterocycles. The first-order valence-electron chi connectivity index (χ1n) is 4.77. The lowest BCUT2D eigenvalue weighted by atomic mass is 10.1. The summed E-state index contributed by atoms with van der Waals surface area (Å²) in [5.74, 6) is 0.610. The molecular weight excluding hydrogens is 280 g/mol. The number of aromatic nitrogens is 1. The molecule has 0 atom stereocenters. The van der Waals surface area contributed by atoms with E-state index in [4.69, 9.17) is 39.5 Å². The average molecular weight is 289 g/mol. The van der Waals surface area contributed by atoms with E-state index < -0.39 is 0 Å². The molecule has 1 aromatic heterocycles. The molecule has 0 saturated carbocycles. The highest BCUT2D eigenvalue weighted by atomic mass is 35.5. The van der Waals surface area contributed by atoms with Crippen molar-refractivity contribution in [2.24, 2.45) is 0 Å². The zero-order chi connectivity index (χ0) is 12.4. The molecule has 1 aromatic carbocycles. The van der Waals surface area contributed by atoms with Gasteiger partial charge in [-0.2, -0.15) is 0 Å². The number of pyridine rings is 1. The maximum atomic E-state index is 6.14. The fraction of sp³-hybridized carbons (Fsp3) is 0.0833. The first kappa shape index (κ1) is 12.5. The third kappa shape index (κ3) is 2.65. The monoisotopic (exact) mass is 287 g/mol. The summed E-state index contributed by atoms with van der Waals surface area (Å²) in [6.07, 6.45) is 1.56. The van der Waals surface area contributed by atoms with Crippen LogP contribution in [0.15, 0.2) is 30.5 Å². The van der Waals surface area contributed by atoms with Gasteiger partial charge in [0.2, 0.25) is 0 Å². The molecule has 88 valence electrons. The second-order valence-electron chi connectivity index (χ2n) is 3.33. The largest absolute Gasteiger partial charge is 0.494 e. The Bertz CT molecular complexity index is 557. The molecule has 2 rings (SSSR count). The van der Waals surface area contributed by atoms with Gasteiger partial charge in [-0.05, 0) is 18.2 Å². The predicted octanol–water partition coefficient (Wildman–Crippen LogP) is 4.72. The van der Waals surface area contributed by atoms with Crippen molar-refractivity contribution in [2.75, 3.05) is 7.11 Å². The molecule has 0 spiro atoms. The minimum Gasteiger partial charge on any atom is -0.494 e. The Hall–Kier alpha value is -0.960. The van der Waals surface area contributed by atoms with Gasteiger partial charge >= 0.3 is 0 Å². The summed E-state index contributed by atoms with van der Waals surface area (Å²) < 4.78 is 5.23. The van der Waals surface area contributed by atoms with Gasteiger partial charge in [0, 0.05) is 16.1 Å². The van der Waals surface area contributed by atoms with Crippen LogP contribution in [0.5, 0.6) is 5.75 Å². The molecule has 17 heavy (non-hydrogen) atoms. The molecule has 0 fully saturated rings. The van der Waals surface area contributed by atoms with Crippen molar-refractivity contribution >= 4 is 34.8 Å². The highest BCUT2D eigenvalue weighted by Gasteiger charge is 2.11. The van der Waals surface area contributed by atoms with E-state index in [1.165, 1.54) is 0 Å². The molecule has 0 radical (unpaired) electrons. The Morgan fingerprint density at radius 1 is 1.06 bits per heavy atom. The van der Waals surface area contributed by atoms with Crippen LogP contribution in [-0.4, -0.2) is 12.1 Å². The van der Waals surface area contributed by atoms with Crippen LogP contribution >= 0.6 is 34.8 Å². The summed E-state index contributed by atoms with van der Waals surface area (Å²) in [4.78, 5) is 3.95. The predicted molar refractivity (Wildman–Crippen MR) is 71.3 cm³/mol. The summed E-state index contributed by atoms with van der Waals surface area (Å²) in [6.45, 7) is 0. The highest BCUT2D eigenvalue weighted by molar-refractivity contribution is 6.36. The summed E-state index contributed by atoms with van der Waals surface area (Å²) in [5, 5.41) is 1.50. The van der Waals surface area contributed by atoms with Crippen LogP contribution in [0.4, 0.5) is 0 Å². The molecule has 0 aliphatic carbocycles. The minimum atomic E-state index is 0.381. The van der Waals surface area contributed by atoms with Crippen LogP contribution in [0.1, 0.15) is 0 Å². The summed E-state index contributed by atoms with van der Waals surface area (Å²) in [7, 11) is 1.57. The first-order valence-corrected chi connectivity index (χ1v) is 5.90. The van der Waals surface area contributed by atoms with E-state index in [0.717, 1.165) is 11.1 Å². The average Bonchev–Trinajstić information content (AvgIpc) is 2.29. The van der Waals surface area contributed by atoms with Crippen LogP contribution in [0.25, 0.3) is 11.1 Å². The summed E-state index contributed by atoms with van der Waals surface area (Å²) >= 11 is 17.9. The second kappa shape index (κ2) is 5.13. The normalized spacial score (nSPS) is 10.4. The lowest BCUT2D eigenvalue weighted by Gasteiger charge is -2.10. The quantitative estimate of drug-likeness (QED) is 0.746. The Morgan fingerprint density at radius 3 is 2.47 bits per heavy atom. The molecule has 0 aliphatic heterocycles. The van der Waals surface area contributed by atoms with Gasteiger partial charge in [0.1, 0.15) is 10.9 Å². The number of nitrogens with zero attached hydrogens (tertiary/aromatic N) is 1. The van der Waals surface area contributed by atoms with Crippen molar-refractivity contribution in [2.45, 2.75) is 0 Å². The van der Waals surface area contributed by atoms with Crippen molar-refractivity contribution in [3.05, 3.63) is 45.7 Å². The molecule has 0 aliphatic rings. The molecule has 0 amide bonds. The Kier molecular flexibility index (Phi) is 3.77. The number of hydrogen-bond donors (Lipinski definition) is 0. The first-order chi connectivity index (χ1) is 8.11. The number of halogens is 3. The highest BCUT2D eigenvalue weighted by Crippen LogP contribution is 2.36. The van der Waals surface area contributed by atoms with Gasteiger partial charge in [-0.1, -0.05) is 40.9 Å². The maximum Gasteiger partial charge on any atom is 0.145 e. The fourth-order valence-corrected chi connectivity index (χ4v) is 2.17. The van der Waals surface area contributed by atoms with E-state index in [0.29, 0.717) is 20.9 Å². The topological polar surface area (TPSA) is 22.1 Å². The minimum absolute atomic E-state index is 0.381. The zero-order valence-corrected chi connectivity index (χ0v) is 11.1. The van der Waals surface area contributed by atoms with Crippen molar-refractivity contribution < 1.29 is 4.74 Å². The van der Waals surface area contributed by atoms with E-state index >= 15 is 0 Å². The van der Waals surface area contributed by atoms with Crippen molar-refractivity contribution in [1.82, 2.24) is 4.98 Å². The smallest absolute Gasteiger partial charge is 0.145 e. The Morgan fingerprint density at radius 2 is 1.82 bits per heavy atom. The van der Waals surface area contributed by atoms with Gasteiger partial charge in [-0.15, -0.1) is 0 Å². The van der Waals surface area contributed by atoms with Crippen molar-refractivity contribution in [1.29, 1.82) is 0 Å². The molecule has 2 nitrogen and oxygen atoms in total. The summed E-state index contributed by atoms with van der Waals surface area (Å²) in [5.41, 5.74) is 1.59. The third-order valence-corrected chi connectivity index (χ3v) is 3.03. The van der Waals surface area contributed by atoms with E-state index in [9.17, 15) is 0 Å². The molecule has 5 heteroatoms. The van der Waals surface area contributed by atoms with E-state index in [2.05, 4.69) is 4.98 Å². The number of methoxy groups -OCH3 is 1. The van der Waals surface area contributed by atoms with Crippen LogP contribution in [0.2, 0.25) is 15.2 Å². The third-order valence-electron chi connectivity index (χ3n) is 2.28. The summed E-state index contributed by atoms with van der Waals surface area (Å²) in [6, 6.07) is 6.96. The van der Waals surface area contributed by atoms with Crippen molar-refractivity contribution in [3.8, 4) is 16.9 Å². The number of ether oxygens (including phenoxy) is 1. The van der Waals surface area contributed by atoms with Gasteiger partial charge in [0.15, 0.2) is 0 Å². The number of rotatable bonds is 2. The van der Waals surface area contributed by atoms with Gasteiger partial charge < -0.3 is 4.74 Å². The van der Waals surface area contributed by atoms with Gasteiger partial charge in [-0.3, -0.25) is 0 Å². The Balaban J connectivity index is 2.62. The van der Waals surface area contributed by atoms with Crippen molar-refractivity contribution in [3.63, 3.8) is 0 Å². The SMILES string of the molecule is COc1cnc(Cl)cc1-c1ccc(Cl)cc1Cl. The van der Waals surface area contributed by atoms with Gasteiger partial charge in [-0.25, -0.2) is 4.98 Å². The molecule has 0 N–H and O–H groups in total. The number of benzene rings is 1. The van der Waals surface area contributed by atoms with E-state index in [1.54, 1.807) is 31.5 Å². The molecular formula is C12H8Cl3NO. The van der Waals surface area contributed by atoms with Gasteiger partial charge in [0.25, 0.3) is 0 Å². The molecule has 1 heterocycles.